The fourth-order valence-corrected chi connectivity index (χ4v) is 2.97. The first-order chi connectivity index (χ1) is 8.13. The molecular formula is C13H18BrFN2. The summed E-state index contributed by atoms with van der Waals surface area (Å²) in [4.78, 5) is 2.29. The zero-order chi connectivity index (χ0) is 12.4. The van der Waals surface area contributed by atoms with Crippen molar-refractivity contribution in [1.82, 2.24) is 4.90 Å². The van der Waals surface area contributed by atoms with Crippen molar-refractivity contribution in [3.05, 3.63) is 34.1 Å². The van der Waals surface area contributed by atoms with Gasteiger partial charge in [0.15, 0.2) is 0 Å². The van der Waals surface area contributed by atoms with Gasteiger partial charge < -0.3 is 5.73 Å². The van der Waals surface area contributed by atoms with Crippen molar-refractivity contribution in [2.24, 2.45) is 5.73 Å². The Kier molecular flexibility index (Phi) is 4.17. The van der Waals surface area contributed by atoms with Crippen molar-refractivity contribution >= 4 is 15.9 Å². The van der Waals surface area contributed by atoms with Crippen molar-refractivity contribution in [1.29, 1.82) is 0 Å². The minimum Gasteiger partial charge on any atom is -0.326 e. The summed E-state index contributed by atoms with van der Waals surface area (Å²) >= 11 is 3.40. The number of halogens is 2. The molecule has 2 nitrogen and oxygen atoms in total. The second-order valence-corrected chi connectivity index (χ2v) is 5.51. The monoisotopic (exact) mass is 300 g/mol. The maximum atomic E-state index is 13.9. The van der Waals surface area contributed by atoms with Gasteiger partial charge in [0.2, 0.25) is 0 Å². The summed E-state index contributed by atoms with van der Waals surface area (Å²) in [5.74, 6) is -0.156. The van der Waals surface area contributed by atoms with Crippen LogP contribution in [0.4, 0.5) is 4.39 Å². The molecule has 0 spiro atoms. The fourth-order valence-electron chi connectivity index (χ4n) is 2.59. The lowest BCUT2D eigenvalue weighted by atomic mass is 10.00. The minimum absolute atomic E-state index is 0.0208. The Hall–Kier alpha value is -0.450. The van der Waals surface area contributed by atoms with Gasteiger partial charge in [0, 0.05) is 22.6 Å². The van der Waals surface area contributed by atoms with E-state index in [4.69, 9.17) is 5.73 Å². The number of nitrogens with two attached hydrogens (primary N) is 1. The van der Waals surface area contributed by atoms with E-state index in [2.05, 4.69) is 27.8 Å². The molecule has 2 rings (SSSR count). The molecule has 0 saturated carbocycles. The molecule has 0 amide bonds. The molecule has 4 heteroatoms. The molecule has 0 aliphatic carbocycles. The standard InChI is InChI=1S/C13H18BrFN2/c1-2-6-17-7-5-12(16)13(17)10-8-9(14)3-4-11(10)15/h3-4,8,12-13H,2,5-7,16H2,1H3. The van der Waals surface area contributed by atoms with E-state index in [9.17, 15) is 4.39 Å². The molecule has 2 unspecified atom stereocenters. The highest BCUT2D eigenvalue weighted by molar-refractivity contribution is 9.10. The molecule has 0 bridgehead atoms. The smallest absolute Gasteiger partial charge is 0.128 e. The van der Waals surface area contributed by atoms with Gasteiger partial charge in [0.05, 0.1) is 6.04 Å². The maximum Gasteiger partial charge on any atom is 0.128 e. The first-order valence-electron chi connectivity index (χ1n) is 6.08. The Morgan fingerprint density at radius 3 is 3.00 bits per heavy atom. The molecule has 2 atom stereocenters. The SMILES string of the molecule is CCCN1CCC(N)C1c1cc(Br)ccc1F. The topological polar surface area (TPSA) is 29.3 Å². The van der Waals surface area contributed by atoms with Gasteiger partial charge in [-0.15, -0.1) is 0 Å². The average Bonchev–Trinajstić information content (AvgIpc) is 2.64. The van der Waals surface area contributed by atoms with Crippen molar-refractivity contribution in [3.8, 4) is 0 Å². The molecule has 1 fully saturated rings. The van der Waals surface area contributed by atoms with Gasteiger partial charge in [0.1, 0.15) is 5.82 Å². The summed E-state index contributed by atoms with van der Waals surface area (Å²) in [5.41, 5.74) is 6.85. The normalized spacial score (nSPS) is 25.4. The van der Waals surface area contributed by atoms with Crippen molar-refractivity contribution in [2.45, 2.75) is 31.8 Å². The lowest BCUT2D eigenvalue weighted by molar-refractivity contribution is 0.243. The molecular weight excluding hydrogens is 283 g/mol. The van der Waals surface area contributed by atoms with Crippen LogP contribution in [0.1, 0.15) is 31.4 Å². The van der Waals surface area contributed by atoms with E-state index >= 15 is 0 Å². The molecule has 1 saturated heterocycles. The van der Waals surface area contributed by atoms with E-state index in [1.807, 2.05) is 6.07 Å². The number of hydrogen-bond donors (Lipinski definition) is 1. The summed E-state index contributed by atoms with van der Waals surface area (Å²) in [6.45, 7) is 4.08. The van der Waals surface area contributed by atoms with E-state index in [0.717, 1.165) is 36.0 Å². The Labute approximate surface area is 110 Å². The van der Waals surface area contributed by atoms with Crippen LogP contribution in [-0.2, 0) is 0 Å². The van der Waals surface area contributed by atoms with Crippen LogP contribution in [0.3, 0.4) is 0 Å². The van der Waals surface area contributed by atoms with E-state index in [-0.39, 0.29) is 17.9 Å². The van der Waals surface area contributed by atoms with E-state index in [0.29, 0.717) is 0 Å². The molecule has 2 N–H and O–H groups in total. The quantitative estimate of drug-likeness (QED) is 0.929. The van der Waals surface area contributed by atoms with Crippen LogP contribution in [0, 0.1) is 5.82 Å². The van der Waals surface area contributed by atoms with Gasteiger partial charge in [-0.2, -0.15) is 0 Å². The van der Waals surface area contributed by atoms with Gasteiger partial charge in [-0.25, -0.2) is 4.39 Å². The first-order valence-corrected chi connectivity index (χ1v) is 6.87. The van der Waals surface area contributed by atoms with Crippen LogP contribution >= 0.6 is 15.9 Å². The lowest BCUT2D eigenvalue weighted by Gasteiger charge is -2.27. The number of rotatable bonds is 3. The molecule has 1 aromatic rings. The number of nitrogens with zero attached hydrogens (tertiary/aromatic N) is 1. The lowest BCUT2D eigenvalue weighted by Crippen LogP contribution is -2.33. The van der Waals surface area contributed by atoms with Crippen LogP contribution in [0.25, 0.3) is 0 Å². The van der Waals surface area contributed by atoms with Crippen LogP contribution in [0.5, 0.6) is 0 Å². The predicted molar refractivity (Wildman–Crippen MR) is 71.3 cm³/mol. The highest BCUT2D eigenvalue weighted by Crippen LogP contribution is 2.33. The molecule has 17 heavy (non-hydrogen) atoms. The Morgan fingerprint density at radius 2 is 2.29 bits per heavy atom. The number of benzene rings is 1. The molecule has 1 aliphatic rings. The fraction of sp³-hybridized carbons (Fsp3) is 0.538. The van der Waals surface area contributed by atoms with Gasteiger partial charge in [-0.3, -0.25) is 4.90 Å². The molecule has 1 aromatic carbocycles. The summed E-state index contributed by atoms with van der Waals surface area (Å²) in [6, 6.07) is 5.14. The van der Waals surface area contributed by atoms with Crippen molar-refractivity contribution < 1.29 is 4.39 Å². The van der Waals surface area contributed by atoms with Gasteiger partial charge >= 0.3 is 0 Å². The maximum absolute atomic E-state index is 13.9. The Morgan fingerprint density at radius 1 is 1.53 bits per heavy atom. The largest absolute Gasteiger partial charge is 0.326 e. The van der Waals surface area contributed by atoms with Crippen LogP contribution < -0.4 is 5.73 Å². The average molecular weight is 301 g/mol. The third-order valence-electron chi connectivity index (χ3n) is 3.34. The minimum atomic E-state index is -0.156. The second-order valence-electron chi connectivity index (χ2n) is 4.60. The van der Waals surface area contributed by atoms with Crippen LogP contribution in [-0.4, -0.2) is 24.0 Å². The van der Waals surface area contributed by atoms with Crippen molar-refractivity contribution in [2.75, 3.05) is 13.1 Å². The van der Waals surface area contributed by atoms with E-state index in [1.165, 1.54) is 6.07 Å². The molecule has 0 radical (unpaired) electrons. The van der Waals surface area contributed by atoms with Gasteiger partial charge in [-0.05, 0) is 37.6 Å². The summed E-state index contributed by atoms with van der Waals surface area (Å²) < 4.78 is 14.8. The Balaban J connectivity index is 2.32. The Bertz CT molecular complexity index is 395. The zero-order valence-corrected chi connectivity index (χ0v) is 11.6. The predicted octanol–water partition coefficient (Wildman–Crippen LogP) is 3.07. The van der Waals surface area contributed by atoms with Gasteiger partial charge in [0.25, 0.3) is 0 Å². The molecule has 1 aliphatic heterocycles. The third-order valence-corrected chi connectivity index (χ3v) is 3.83. The molecule has 1 heterocycles. The van der Waals surface area contributed by atoms with Gasteiger partial charge in [-0.1, -0.05) is 22.9 Å². The highest BCUT2D eigenvalue weighted by atomic mass is 79.9. The summed E-state index contributed by atoms with van der Waals surface area (Å²) in [5, 5.41) is 0. The zero-order valence-electron chi connectivity index (χ0n) is 10.00. The first kappa shape index (κ1) is 13.0. The van der Waals surface area contributed by atoms with E-state index in [1.54, 1.807) is 6.07 Å². The van der Waals surface area contributed by atoms with Crippen LogP contribution in [0.2, 0.25) is 0 Å². The summed E-state index contributed by atoms with van der Waals surface area (Å²) in [6.07, 6.45) is 2.01. The second kappa shape index (κ2) is 5.46. The van der Waals surface area contributed by atoms with Crippen LogP contribution in [0.15, 0.2) is 22.7 Å². The third kappa shape index (κ3) is 2.69. The number of likely N-dealkylation sites (tertiary alicyclic amines) is 1. The highest BCUT2D eigenvalue weighted by Gasteiger charge is 2.33. The summed E-state index contributed by atoms with van der Waals surface area (Å²) in [7, 11) is 0. The molecule has 0 aromatic heterocycles. The van der Waals surface area contributed by atoms with Crippen molar-refractivity contribution in [3.63, 3.8) is 0 Å². The molecule has 94 valence electrons. The van der Waals surface area contributed by atoms with E-state index < -0.39 is 0 Å². The number of hydrogen-bond acceptors (Lipinski definition) is 2.